The number of nitrogens with two attached hydrogens (primary N) is 1. The topological polar surface area (TPSA) is 105 Å². The summed E-state index contributed by atoms with van der Waals surface area (Å²) in [6, 6.07) is 8.02. The van der Waals surface area contributed by atoms with Crippen molar-refractivity contribution >= 4 is 42.5 Å². The Hall–Kier alpha value is -2.48. The highest BCUT2D eigenvalue weighted by Gasteiger charge is 2.36. The Balaban J connectivity index is 0.00000196. The first kappa shape index (κ1) is 23.6. The zero-order valence-corrected chi connectivity index (χ0v) is 17.1. The number of nitrogens with one attached hydrogen (secondary N) is 1. The summed E-state index contributed by atoms with van der Waals surface area (Å²) < 4.78 is 0. The first-order valence-electron chi connectivity index (χ1n) is 8.24. The molecule has 0 saturated heterocycles. The summed E-state index contributed by atoms with van der Waals surface area (Å²) in [5.74, 6) is -1.11. The number of rotatable bonds is 5. The molecule has 0 aliphatic carbocycles. The Morgan fingerprint density at radius 2 is 1.68 bits per heavy atom. The lowest BCUT2D eigenvalue weighted by Crippen LogP contribution is -2.48. The van der Waals surface area contributed by atoms with Crippen LogP contribution in [0.2, 0.25) is 0 Å². The monoisotopic (exact) mass is 424 g/mol. The molecular weight excluding hydrogens is 403 g/mol. The molecule has 3 N–H and O–H groups in total. The summed E-state index contributed by atoms with van der Waals surface area (Å²) in [6.45, 7) is 4.06. The van der Waals surface area contributed by atoms with Gasteiger partial charge in [-0.1, -0.05) is 0 Å². The first-order chi connectivity index (χ1) is 12.3. The third-order valence-corrected chi connectivity index (χ3v) is 4.29. The van der Waals surface area contributed by atoms with E-state index in [4.69, 9.17) is 5.73 Å². The van der Waals surface area contributed by atoms with Crippen molar-refractivity contribution in [2.45, 2.75) is 25.9 Å². The SMILES string of the molecule is CC(C)(CN)NC(=O)c1ccc2c(c1)C(=O)N(Cc1ccncc1)C2=O.Cl.Cl. The third kappa shape index (κ3) is 4.67. The molecule has 3 amide bonds. The quantitative estimate of drug-likeness (QED) is 0.715. The minimum absolute atomic E-state index is 0. The van der Waals surface area contributed by atoms with Gasteiger partial charge in [0.1, 0.15) is 0 Å². The maximum atomic E-state index is 12.7. The van der Waals surface area contributed by atoms with Gasteiger partial charge < -0.3 is 11.1 Å². The Morgan fingerprint density at radius 3 is 2.29 bits per heavy atom. The number of hydrogen-bond donors (Lipinski definition) is 2. The van der Waals surface area contributed by atoms with Crippen molar-refractivity contribution in [1.29, 1.82) is 0 Å². The Kier molecular flexibility index (Phi) is 7.69. The molecule has 0 saturated carbocycles. The van der Waals surface area contributed by atoms with Crippen molar-refractivity contribution in [3.05, 3.63) is 65.0 Å². The second kappa shape index (κ2) is 9.14. The van der Waals surface area contributed by atoms with Crippen LogP contribution >= 0.6 is 24.8 Å². The highest BCUT2D eigenvalue weighted by molar-refractivity contribution is 6.22. The molecule has 0 radical (unpaired) electrons. The van der Waals surface area contributed by atoms with Crippen LogP contribution in [0, 0.1) is 0 Å². The van der Waals surface area contributed by atoms with E-state index in [0.29, 0.717) is 11.1 Å². The van der Waals surface area contributed by atoms with Gasteiger partial charge in [-0.2, -0.15) is 0 Å². The first-order valence-corrected chi connectivity index (χ1v) is 8.24. The number of hydrogen-bond acceptors (Lipinski definition) is 5. The lowest BCUT2D eigenvalue weighted by atomic mass is 10.0. The number of amides is 3. The molecule has 0 spiro atoms. The second-order valence-corrected chi connectivity index (χ2v) is 6.85. The summed E-state index contributed by atoms with van der Waals surface area (Å²) in [5, 5.41) is 2.81. The maximum absolute atomic E-state index is 12.7. The standard InChI is InChI=1S/C19H20N4O3.2ClH/c1-19(2,11-20)22-16(24)13-3-4-14-15(9-13)18(26)23(17(14)25)10-12-5-7-21-8-6-12;;/h3-9H,10-11,20H2,1-2H3,(H,22,24);2*1H. The van der Waals surface area contributed by atoms with Crippen LogP contribution in [0.1, 0.15) is 50.5 Å². The highest BCUT2D eigenvalue weighted by atomic mass is 35.5. The molecule has 1 aliphatic heterocycles. The van der Waals surface area contributed by atoms with Crippen LogP contribution in [-0.2, 0) is 6.54 Å². The van der Waals surface area contributed by atoms with Crippen LogP contribution in [0.5, 0.6) is 0 Å². The van der Waals surface area contributed by atoms with Crippen molar-refractivity contribution in [2.75, 3.05) is 6.54 Å². The van der Waals surface area contributed by atoms with E-state index in [1.807, 2.05) is 13.8 Å². The van der Waals surface area contributed by atoms with E-state index in [0.717, 1.165) is 5.56 Å². The van der Waals surface area contributed by atoms with E-state index < -0.39 is 11.4 Å². The van der Waals surface area contributed by atoms with E-state index in [-0.39, 0.29) is 55.3 Å². The summed E-state index contributed by atoms with van der Waals surface area (Å²) in [5.41, 5.74) is 6.73. The molecule has 0 bridgehead atoms. The molecule has 2 aromatic rings. The van der Waals surface area contributed by atoms with Crippen LogP contribution in [-0.4, -0.2) is 39.7 Å². The van der Waals surface area contributed by atoms with Gasteiger partial charge in [0.05, 0.1) is 17.7 Å². The average molecular weight is 425 g/mol. The number of aromatic nitrogens is 1. The number of fused-ring (bicyclic) bond motifs is 1. The molecule has 1 aromatic carbocycles. The lowest BCUT2D eigenvalue weighted by Gasteiger charge is -2.24. The number of nitrogens with zero attached hydrogens (tertiary/aromatic N) is 2. The van der Waals surface area contributed by atoms with Gasteiger partial charge in [0.2, 0.25) is 0 Å². The lowest BCUT2D eigenvalue weighted by molar-refractivity contribution is 0.0642. The predicted molar refractivity (Wildman–Crippen MR) is 110 cm³/mol. The summed E-state index contributed by atoms with van der Waals surface area (Å²) in [4.78, 5) is 42.7. The molecule has 150 valence electrons. The number of carbonyl (C=O) groups excluding carboxylic acids is 3. The average Bonchev–Trinajstić information content (AvgIpc) is 2.87. The predicted octanol–water partition coefficient (Wildman–Crippen LogP) is 2.19. The van der Waals surface area contributed by atoms with E-state index >= 15 is 0 Å². The second-order valence-electron chi connectivity index (χ2n) is 6.85. The van der Waals surface area contributed by atoms with Crippen molar-refractivity contribution in [3.63, 3.8) is 0 Å². The van der Waals surface area contributed by atoms with Crippen molar-refractivity contribution in [1.82, 2.24) is 15.2 Å². The third-order valence-electron chi connectivity index (χ3n) is 4.29. The molecule has 2 heterocycles. The molecule has 7 nitrogen and oxygen atoms in total. The minimum Gasteiger partial charge on any atom is -0.346 e. The van der Waals surface area contributed by atoms with Crippen molar-refractivity contribution in [3.8, 4) is 0 Å². The van der Waals surface area contributed by atoms with Gasteiger partial charge in [0.15, 0.2) is 0 Å². The van der Waals surface area contributed by atoms with E-state index in [1.54, 1.807) is 30.6 Å². The molecular formula is C19H22Cl2N4O3. The molecule has 0 fully saturated rings. The maximum Gasteiger partial charge on any atom is 0.261 e. The zero-order chi connectivity index (χ0) is 18.9. The number of imide groups is 1. The van der Waals surface area contributed by atoms with E-state index in [9.17, 15) is 14.4 Å². The number of carbonyl (C=O) groups is 3. The molecule has 1 aliphatic rings. The Labute approximate surface area is 175 Å². The van der Waals surface area contributed by atoms with Crippen LogP contribution in [0.4, 0.5) is 0 Å². The molecule has 1 aromatic heterocycles. The smallest absolute Gasteiger partial charge is 0.261 e. The fourth-order valence-electron chi connectivity index (χ4n) is 2.68. The number of benzene rings is 1. The van der Waals surface area contributed by atoms with Gasteiger partial charge in [-0.05, 0) is 49.7 Å². The largest absolute Gasteiger partial charge is 0.346 e. The molecule has 9 heteroatoms. The van der Waals surface area contributed by atoms with Gasteiger partial charge >= 0.3 is 0 Å². The fraction of sp³-hybridized carbons (Fsp3) is 0.263. The molecule has 28 heavy (non-hydrogen) atoms. The van der Waals surface area contributed by atoms with Gasteiger partial charge in [0, 0.05) is 30.0 Å². The van der Waals surface area contributed by atoms with Crippen LogP contribution < -0.4 is 11.1 Å². The Morgan fingerprint density at radius 1 is 1.07 bits per heavy atom. The van der Waals surface area contributed by atoms with Gasteiger partial charge in [-0.15, -0.1) is 24.8 Å². The minimum atomic E-state index is -0.566. The summed E-state index contributed by atoms with van der Waals surface area (Å²) in [7, 11) is 0. The molecule has 0 unspecified atom stereocenters. The van der Waals surface area contributed by atoms with Gasteiger partial charge in [0.25, 0.3) is 17.7 Å². The fourth-order valence-corrected chi connectivity index (χ4v) is 2.68. The van der Waals surface area contributed by atoms with Gasteiger partial charge in [-0.3, -0.25) is 24.3 Å². The van der Waals surface area contributed by atoms with Crippen LogP contribution in [0.3, 0.4) is 0 Å². The van der Waals surface area contributed by atoms with E-state index in [1.165, 1.54) is 17.0 Å². The number of halogens is 2. The van der Waals surface area contributed by atoms with Crippen LogP contribution in [0.25, 0.3) is 0 Å². The van der Waals surface area contributed by atoms with E-state index in [2.05, 4.69) is 10.3 Å². The normalized spacial score (nSPS) is 12.8. The van der Waals surface area contributed by atoms with Crippen molar-refractivity contribution < 1.29 is 14.4 Å². The highest BCUT2D eigenvalue weighted by Crippen LogP contribution is 2.25. The summed E-state index contributed by atoms with van der Waals surface area (Å²) in [6.07, 6.45) is 3.21. The Bertz CT molecular complexity index is 888. The number of pyridine rings is 1. The molecule has 0 atom stereocenters. The van der Waals surface area contributed by atoms with Gasteiger partial charge in [-0.25, -0.2) is 0 Å². The van der Waals surface area contributed by atoms with Crippen molar-refractivity contribution in [2.24, 2.45) is 5.73 Å². The van der Waals surface area contributed by atoms with Crippen LogP contribution in [0.15, 0.2) is 42.7 Å². The zero-order valence-electron chi connectivity index (χ0n) is 15.5. The summed E-state index contributed by atoms with van der Waals surface area (Å²) >= 11 is 0. The molecule has 3 rings (SSSR count).